The summed E-state index contributed by atoms with van der Waals surface area (Å²) in [7, 11) is 0. The van der Waals surface area contributed by atoms with Gasteiger partial charge in [-0.1, -0.05) is 188 Å². The molecule has 0 spiro atoms. The second kappa shape index (κ2) is 16.1. The Kier molecular flexibility index (Phi) is 9.14. The molecule has 70 heavy (non-hydrogen) atoms. The Morgan fingerprint density at radius 2 is 0.800 bits per heavy atom. The number of hydrogen-bond acceptors (Lipinski definition) is 3. The first-order valence-electron chi connectivity index (χ1n) is 23.8. The predicted molar refractivity (Wildman–Crippen MR) is 291 cm³/mol. The van der Waals surface area contributed by atoms with Gasteiger partial charge in [0, 0.05) is 54.9 Å². The number of nitrogens with zero attached hydrogens (tertiary/aromatic N) is 5. The van der Waals surface area contributed by atoms with Crippen molar-refractivity contribution in [3.63, 3.8) is 0 Å². The molecule has 0 saturated carbocycles. The standard InChI is InChI=1S/C65H41N5/c1-5-19-42(20-6-1)53-41-61(70-60-39-47-27-14-13-26-46(47)37-56(60)52-35-33-44-23-15-16-30-50(44)62(52)70)54(43-21-7-2-8-22-43)40-57(53)65-67-63(45-24-9-3-10-25-45)66-64(68-65)48-34-36-59-55(38-48)51-31-17-18-32-58(51)69(59)49-28-11-4-12-29-49/h1-41H. The number of fused-ring (bicyclic) bond motifs is 9. The number of rotatable bonds is 7. The van der Waals surface area contributed by atoms with Crippen LogP contribution < -0.4 is 0 Å². The van der Waals surface area contributed by atoms with Gasteiger partial charge in [-0.3, -0.25) is 0 Å². The Bertz CT molecular complexity index is 4330. The first-order chi connectivity index (χ1) is 34.7. The van der Waals surface area contributed by atoms with Gasteiger partial charge in [-0.2, -0.15) is 0 Å². The number of benzene rings is 11. The minimum Gasteiger partial charge on any atom is -0.309 e. The van der Waals surface area contributed by atoms with E-state index < -0.39 is 0 Å². The van der Waals surface area contributed by atoms with Crippen molar-refractivity contribution in [1.82, 2.24) is 24.1 Å². The van der Waals surface area contributed by atoms with Crippen molar-refractivity contribution in [2.75, 3.05) is 0 Å². The molecule has 0 amide bonds. The number of aromatic nitrogens is 5. The molecule has 0 radical (unpaired) electrons. The molecule has 14 aromatic rings. The zero-order valence-electron chi connectivity index (χ0n) is 37.9. The molecular formula is C65H41N5. The third kappa shape index (κ3) is 6.44. The Morgan fingerprint density at radius 1 is 0.257 bits per heavy atom. The van der Waals surface area contributed by atoms with Gasteiger partial charge in [0.2, 0.25) is 0 Å². The smallest absolute Gasteiger partial charge is 0.164 e. The van der Waals surface area contributed by atoms with E-state index >= 15 is 0 Å². The third-order valence-electron chi connectivity index (χ3n) is 13.9. The summed E-state index contributed by atoms with van der Waals surface area (Å²) in [6.45, 7) is 0. The molecule has 0 aliphatic heterocycles. The van der Waals surface area contributed by atoms with E-state index in [1.54, 1.807) is 0 Å². The molecule has 5 heteroatoms. The highest BCUT2D eigenvalue weighted by Gasteiger charge is 2.24. The minimum absolute atomic E-state index is 0.594. The lowest BCUT2D eigenvalue weighted by Gasteiger charge is -2.20. The maximum absolute atomic E-state index is 5.50. The Hall–Kier alpha value is -9.45. The molecule has 0 bridgehead atoms. The van der Waals surface area contributed by atoms with E-state index in [1.165, 1.54) is 43.2 Å². The summed E-state index contributed by atoms with van der Waals surface area (Å²) in [4.78, 5) is 16.2. The lowest BCUT2D eigenvalue weighted by atomic mass is 9.92. The van der Waals surface area contributed by atoms with Gasteiger partial charge in [-0.05, 0) is 93.5 Å². The SMILES string of the molecule is c1ccc(-c2nc(-c3ccc4c(c3)c3ccccc3n4-c3ccccc3)nc(-c3cc(-c4ccccc4)c(-n4c5cc6ccccc6cc5c5ccc6ccccc6c54)cc3-c3ccccc3)n2)cc1. The van der Waals surface area contributed by atoms with Crippen LogP contribution in [-0.4, -0.2) is 24.1 Å². The maximum atomic E-state index is 5.50. The van der Waals surface area contributed by atoms with Gasteiger partial charge in [-0.15, -0.1) is 0 Å². The average Bonchev–Trinajstić information content (AvgIpc) is 3.95. The Balaban J connectivity index is 1.07. The summed E-state index contributed by atoms with van der Waals surface area (Å²) in [6.07, 6.45) is 0. The van der Waals surface area contributed by atoms with E-state index in [4.69, 9.17) is 15.0 Å². The molecule has 0 atom stereocenters. The second-order valence-electron chi connectivity index (χ2n) is 18.0. The summed E-state index contributed by atoms with van der Waals surface area (Å²) >= 11 is 0. The largest absolute Gasteiger partial charge is 0.309 e. The fourth-order valence-electron chi connectivity index (χ4n) is 10.7. The summed E-state index contributed by atoms with van der Waals surface area (Å²) < 4.78 is 4.84. The second-order valence-corrected chi connectivity index (χ2v) is 18.0. The average molecular weight is 892 g/mol. The number of para-hydroxylation sites is 2. The van der Waals surface area contributed by atoms with Crippen LogP contribution in [0.3, 0.4) is 0 Å². The van der Waals surface area contributed by atoms with Crippen LogP contribution in [0.2, 0.25) is 0 Å². The van der Waals surface area contributed by atoms with Crippen LogP contribution in [0.25, 0.3) is 133 Å². The monoisotopic (exact) mass is 891 g/mol. The molecule has 0 saturated heterocycles. The van der Waals surface area contributed by atoms with Crippen molar-refractivity contribution < 1.29 is 0 Å². The zero-order chi connectivity index (χ0) is 46.1. The van der Waals surface area contributed by atoms with Gasteiger partial charge >= 0.3 is 0 Å². The summed E-state index contributed by atoms with van der Waals surface area (Å²) in [5.74, 6) is 1.81. The highest BCUT2D eigenvalue weighted by molar-refractivity contribution is 6.21. The van der Waals surface area contributed by atoms with Crippen molar-refractivity contribution in [3.8, 4) is 67.8 Å². The molecule has 3 aromatic heterocycles. The summed E-state index contributed by atoms with van der Waals surface area (Å²) in [5.41, 5.74) is 13.7. The molecule has 5 nitrogen and oxygen atoms in total. The Morgan fingerprint density at radius 3 is 1.53 bits per heavy atom. The predicted octanol–water partition coefficient (Wildman–Crippen LogP) is 16.7. The molecule has 326 valence electrons. The lowest BCUT2D eigenvalue weighted by Crippen LogP contribution is -2.04. The van der Waals surface area contributed by atoms with Crippen LogP contribution in [0.4, 0.5) is 0 Å². The maximum Gasteiger partial charge on any atom is 0.164 e. The van der Waals surface area contributed by atoms with Gasteiger partial charge < -0.3 is 9.13 Å². The van der Waals surface area contributed by atoms with Gasteiger partial charge in [0.25, 0.3) is 0 Å². The van der Waals surface area contributed by atoms with Gasteiger partial charge in [-0.25, -0.2) is 15.0 Å². The quantitative estimate of drug-likeness (QED) is 0.160. The molecule has 0 aliphatic carbocycles. The van der Waals surface area contributed by atoms with Crippen LogP contribution in [0.1, 0.15) is 0 Å². The molecule has 3 heterocycles. The molecule has 14 rings (SSSR count). The van der Waals surface area contributed by atoms with E-state index in [1.807, 2.05) is 18.2 Å². The minimum atomic E-state index is 0.594. The Labute approximate surface area is 403 Å². The van der Waals surface area contributed by atoms with Crippen molar-refractivity contribution in [1.29, 1.82) is 0 Å². The first-order valence-corrected chi connectivity index (χ1v) is 23.8. The van der Waals surface area contributed by atoms with Gasteiger partial charge in [0.05, 0.1) is 27.8 Å². The van der Waals surface area contributed by atoms with Crippen LogP contribution >= 0.6 is 0 Å². The van der Waals surface area contributed by atoms with Crippen molar-refractivity contribution in [3.05, 3.63) is 249 Å². The molecule has 0 N–H and O–H groups in total. The lowest BCUT2D eigenvalue weighted by molar-refractivity contribution is 1.07. The number of hydrogen-bond donors (Lipinski definition) is 0. The molecule has 0 fully saturated rings. The van der Waals surface area contributed by atoms with Crippen molar-refractivity contribution in [2.24, 2.45) is 0 Å². The van der Waals surface area contributed by atoms with Crippen LogP contribution in [0, 0.1) is 0 Å². The van der Waals surface area contributed by atoms with E-state index in [9.17, 15) is 0 Å². The fourth-order valence-corrected chi connectivity index (χ4v) is 10.7. The highest BCUT2D eigenvalue weighted by Crippen LogP contribution is 2.45. The van der Waals surface area contributed by atoms with E-state index in [0.717, 1.165) is 72.3 Å². The molecular weight excluding hydrogens is 851 g/mol. The van der Waals surface area contributed by atoms with Crippen molar-refractivity contribution in [2.45, 2.75) is 0 Å². The van der Waals surface area contributed by atoms with Crippen molar-refractivity contribution >= 4 is 65.2 Å². The van der Waals surface area contributed by atoms with Crippen LogP contribution in [0.5, 0.6) is 0 Å². The first kappa shape index (κ1) is 39.7. The molecule has 11 aromatic carbocycles. The fraction of sp³-hybridized carbons (Fsp3) is 0. The van der Waals surface area contributed by atoms with Gasteiger partial charge in [0.15, 0.2) is 17.5 Å². The van der Waals surface area contributed by atoms with Gasteiger partial charge in [0.1, 0.15) is 0 Å². The highest BCUT2D eigenvalue weighted by atomic mass is 15.0. The zero-order valence-corrected chi connectivity index (χ0v) is 37.9. The van der Waals surface area contributed by atoms with E-state index in [2.05, 4.69) is 240 Å². The topological polar surface area (TPSA) is 48.5 Å². The normalized spacial score (nSPS) is 11.7. The molecule has 0 unspecified atom stereocenters. The van der Waals surface area contributed by atoms with Crippen LogP contribution in [-0.2, 0) is 0 Å². The third-order valence-corrected chi connectivity index (χ3v) is 13.9. The molecule has 0 aliphatic rings. The summed E-state index contributed by atoms with van der Waals surface area (Å²) in [5, 5.41) is 9.52. The van der Waals surface area contributed by atoms with Crippen LogP contribution in [0.15, 0.2) is 249 Å². The van der Waals surface area contributed by atoms with E-state index in [0.29, 0.717) is 17.5 Å². The summed E-state index contributed by atoms with van der Waals surface area (Å²) in [6, 6.07) is 88.9. The van der Waals surface area contributed by atoms with E-state index in [-0.39, 0.29) is 0 Å².